The van der Waals surface area contributed by atoms with Crippen molar-refractivity contribution in [1.29, 1.82) is 0 Å². The summed E-state index contributed by atoms with van der Waals surface area (Å²) in [5, 5.41) is 41.0. The molecule has 0 radical (unpaired) electrons. The maximum absolute atomic E-state index is 10.1. The quantitative estimate of drug-likeness (QED) is 0.543. The summed E-state index contributed by atoms with van der Waals surface area (Å²) >= 11 is 1.45. The van der Waals surface area contributed by atoms with E-state index in [0.29, 0.717) is 12.2 Å². The Labute approximate surface area is 171 Å². The van der Waals surface area contributed by atoms with Crippen molar-refractivity contribution >= 4 is 17.4 Å². The molecule has 156 valence electrons. The Balaban J connectivity index is 1.41. The van der Waals surface area contributed by atoms with Crippen LogP contribution < -0.4 is 14.2 Å². The van der Waals surface area contributed by atoms with Crippen molar-refractivity contribution in [3.63, 3.8) is 0 Å². The number of thiophene rings is 1. The number of allylic oxidation sites excluding steroid dienone is 1. The maximum Gasteiger partial charge on any atom is 0.231 e. The van der Waals surface area contributed by atoms with Crippen LogP contribution in [0.4, 0.5) is 0 Å². The lowest BCUT2D eigenvalue weighted by Gasteiger charge is -2.39. The molecule has 0 spiro atoms. The zero-order valence-corrected chi connectivity index (χ0v) is 16.2. The van der Waals surface area contributed by atoms with E-state index in [1.54, 1.807) is 6.07 Å². The van der Waals surface area contributed by atoms with Gasteiger partial charge in [-0.15, -0.1) is 11.3 Å². The highest BCUT2D eigenvalue weighted by Gasteiger charge is 2.44. The predicted molar refractivity (Wildman–Crippen MR) is 104 cm³/mol. The van der Waals surface area contributed by atoms with Gasteiger partial charge in [-0.25, -0.2) is 0 Å². The molecular weight excluding hydrogens is 400 g/mol. The highest BCUT2D eigenvalue weighted by atomic mass is 32.1. The van der Waals surface area contributed by atoms with E-state index >= 15 is 0 Å². The molecule has 1 fully saturated rings. The Bertz CT molecular complexity index is 864. The van der Waals surface area contributed by atoms with Crippen LogP contribution in [-0.4, -0.2) is 64.5 Å². The second-order valence-corrected chi connectivity index (χ2v) is 7.71. The predicted octanol–water partition coefficient (Wildman–Crippen LogP) is 0.911. The van der Waals surface area contributed by atoms with Crippen LogP contribution in [0.2, 0.25) is 0 Å². The van der Waals surface area contributed by atoms with Crippen molar-refractivity contribution in [3.05, 3.63) is 46.2 Å². The lowest BCUT2D eigenvalue weighted by molar-refractivity contribution is -0.277. The Hall–Kier alpha value is -2.14. The minimum atomic E-state index is -1.48. The van der Waals surface area contributed by atoms with Gasteiger partial charge in [-0.1, -0.05) is 12.1 Å². The molecule has 0 bridgehead atoms. The number of fused-ring (bicyclic) bond motifs is 1. The van der Waals surface area contributed by atoms with Crippen LogP contribution in [0.1, 0.15) is 10.4 Å². The van der Waals surface area contributed by atoms with Crippen LogP contribution in [0.25, 0.3) is 6.08 Å². The number of benzene rings is 1. The Morgan fingerprint density at radius 1 is 1.07 bits per heavy atom. The molecule has 0 saturated carbocycles. The van der Waals surface area contributed by atoms with Crippen molar-refractivity contribution in [1.82, 2.24) is 0 Å². The smallest absolute Gasteiger partial charge is 0.231 e. The summed E-state index contributed by atoms with van der Waals surface area (Å²) in [5.41, 5.74) is 1.07. The largest absolute Gasteiger partial charge is 0.460 e. The molecule has 4 rings (SSSR count). The van der Waals surface area contributed by atoms with Gasteiger partial charge in [0.15, 0.2) is 11.5 Å². The average molecular weight is 422 g/mol. The van der Waals surface area contributed by atoms with E-state index in [4.69, 9.17) is 18.9 Å². The maximum atomic E-state index is 10.1. The molecule has 2 aliphatic heterocycles. The molecule has 2 aliphatic rings. The molecule has 3 heterocycles. The normalized spacial score (nSPS) is 28.8. The molecule has 1 saturated heterocycles. The standard InChI is InChI=1S/C20H22O8S/c21-9-15-17(22)18(23)19(24)20(28-15)27-13-6-7-29-16(13)3-1-2-11-4-5-12-14(8-11)26-10-25-12/h1,3-8,15,17-24H,2,9-10H2/b3-1+. The summed E-state index contributed by atoms with van der Waals surface area (Å²) in [4.78, 5) is 0.808. The van der Waals surface area contributed by atoms with Crippen molar-refractivity contribution in [2.75, 3.05) is 13.4 Å². The van der Waals surface area contributed by atoms with E-state index in [9.17, 15) is 20.4 Å². The zero-order chi connectivity index (χ0) is 20.4. The fourth-order valence-corrected chi connectivity index (χ4v) is 3.93. The molecule has 1 aromatic heterocycles. The van der Waals surface area contributed by atoms with Gasteiger partial charge in [0.2, 0.25) is 13.1 Å². The first-order valence-electron chi connectivity index (χ1n) is 9.16. The fraction of sp³-hybridized carbons (Fsp3) is 0.400. The zero-order valence-electron chi connectivity index (χ0n) is 15.4. The molecule has 8 nitrogen and oxygen atoms in total. The third kappa shape index (κ3) is 4.25. The first-order chi connectivity index (χ1) is 14.1. The number of hydrogen-bond acceptors (Lipinski definition) is 9. The van der Waals surface area contributed by atoms with E-state index in [1.165, 1.54) is 11.3 Å². The summed E-state index contributed by atoms with van der Waals surface area (Å²) < 4.78 is 21.8. The van der Waals surface area contributed by atoms with Gasteiger partial charge in [0.1, 0.15) is 30.2 Å². The van der Waals surface area contributed by atoms with Crippen molar-refractivity contribution in [2.45, 2.75) is 37.1 Å². The van der Waals surface area contributed by atoms with Crippen LogP contribution in [-0.2, 0) is 11.2 Å². The van der Waals surface area contributed by atoms with E-state index in [0.717, 1.165) is 21.9 Å². The van der Waals surface area contributed by atoms with E-state index in [2.05, 4.69) is 0 Å². The first kappa shape index (κ1) is 20.1. The first-order valence-corrected chi connectivity index (χ1v) is 10.0. The summed E-state index contributed by atoms with van der Waals surface area (Å²) in [6.07, 6.45) is -2.01. The lowest BCUT2D eigenvalue weighted by atomic mass is 9.99. The highest BCUT2D eigenvalue weighted by molar-refractivity contribution is 7.11. The van der Waals surface area contributed by atoms with Crippen LogP contribution in [0, 0.1) is 0 Å². The van der Waals surface area contributed by atoms with Gasteiger partial charge >= 0.3 is 0 Å². The van der Waals surface area contributed by atoms with Gasteiger partial charge in [-0.2, -0.15) is 0 Å². The summed E-state index contributed by atoms with van der Waals surface area (Å²) in [5.74, 6) is 1.95. The minimum absolute atomic E-state index is 0.239. The number of aliphatic hydroxyl groups excluding tert-OH is 4. The van der Waals surface area contributed by atoms with Gasteiger partial charge in [-0.05, 0) is 41.6 Å². The van der Waals surface area contributed by atoms with Crippen molar-refractivity contribution < 1.29 is 39.4 Å². The van der Waals surface area contributed by atoms with Crippen molar-refractivity contribution in [2.24, 2.45) is 0 Å². The SMILES string of the molecule is OCC1OC(Oc2ccsc2/C=C/Cc2ccc3c(c2)OCO3)C(O)C(O)C1O. The average Bonchev–Trinajstić information content (AvgIpc) is 3.37. The molecule has 5 unspecified atom stereocenters. The van der Waals surface area contributed by atoms with Gasteiger partial charge in [0.25, 0.3) is 0 Å². The summed E-state index contributed by atoms with van der Waals surface area (Å²) in [7, 11) is 0. The second kappa shape index (κ2) is 8.70. The molecular formula is C20H22O8S. The lowest BCUT2D eigenvalue weighted by Crippen LogP contribution is -2.60. The summed E-state index contributed by atoms with van der Waals surface area (Å²) in [6.45, 7) is -0.265. The Morgan fingerprint density at radius 2 is 1.90 bits per heavy atom. The van der Waals surface area contributed by atoms with Gasteiger partial charge in [0.05, 0.1) is 11.5 Å². The molecule has 1 aromatic carbocycles. The van der Waals surface area contributed by atoms with E-state index in [-0.39, 0.29) is 6.79 Å². The van der Waals surface area contributed by atoms with Crippen LogP contribution in [0.3, 0.4) is 0 Å². The molecule has 5 atom stereocenters. The number of aliphatic hydroxyl groups is 4. The molecule has 0 aliphatic carbocycles. The number of hydrogen-bond donors (Lipinski definition) is 4. The molecule has 29 heavy (non-hydrogen) atoms. The molecule has 4 N–H and O–H groups in total. The van der Waals surface area contributed by atoms with Crippen LogP contribution >= 0.6 is 11.3 Å². The molecule has 2 aromatic rings. The topological polar surface area (TPSA) is 118 Å². The second-order valence-electron chi connectivity index (χ2n) is 6.76. The molecule has 9 heteroatoms. The monoisotopic (exact) mass is 422 g/mol. The Kier molecular flexibility index (Phi) is 6.04. The number of rotatable bonds is 6. The third-order valence-corrected chi connectivity index (χ3v) is 5.67. The van der Waals surface area contributed by atoms with Crippen molar-refractivity contribution in [3.8, 4) is 17.2 Å². The van der Waals surface area contributed by atoms with Gasteiger partial charge in [0, 0.05) is 0 Å². The van der Waals surface area contributed by atoms with Crippen LogP contribution in [0.15, 0.2) is 35.7 Å². The highest BCUT2D eigenvalue weighted by Crippen LogP contribution is 2.33. The minimum Gasteiger partial charge on any atom is -0.460 e. The van der Waals surface area contributed by atoms with E-state index in [1.807, 2.05) is 35.7 Å². The van der Waals surface area contributed by atoms with Crippen LogP contribution in [0.5, 0.6) is 17.2 Å². The summed E-state index contributed by atoms with van der Waals surface area (Å²) in [6, 6.07) is 7.51. The molecule has 0 amide bonds. The number of ether oxygens (including phenoxy) is 4. The Morgan fingerprint density at radius 3 is 2.72 bits per heavy atom. The fourth-order valence-electron chi connectivity index (χ4n) is 3.19. The van der Waals surface area contributed by atoms with Gasteiger partial charge < -0.3 is 39.4 Å². The van der Waals surface area contributed by atoms with Gasteiger partial charge in [-0.3, -0.25) is 0 Å². The third-order valence-electron chi connectivity index (χ3n) is 4.81. The van der Waals surface area contributed by atoms with E-state index < -0.39 is 37.3 Å².